The maximum atomic E-state index is 12.9. The molecule has 2 aliphatic heterocycles. The zero-order valence-corrected chi connectivity index (χ0v) is 22.7. The summed E-state index contributed by atoms with van der Waals surface area (Å²) in [5.41, 5.74) is 1.44. The van der Waals surface area contributed by atoms with E-state index in [1.165, 1.54) is 12.8 Å². The van der Waals surface area contributed by atoms with Gasteiger partial charge in [0.1, 0.15) is 30.7 Å². The Morgan fingerprint density at radius 2 is 1.36 bits per heavy atom. The number of ether oxygens (including phenoxy) is 5. The molecule has 0 bridgehead atoms. The third-order valence-electron chi connectivity index (χ3n) is 9.01. The molecule has 0 N–H and O–H groups in total. The summed E-state index contributed by atoms with van der Waals surface area (Å²) in [5.74, 6) is 2.09. The number of aryl methyl sites for hydroxylation is 1. The molecule has 2 saturated carbocycles. The lowest BCUT2D eigenvalue weighted by molar-refractivity contribution is -0.00864. The summed E-state index contributed by atoms with van der Waals surface area (Å²) in [5, 5.41) is 0. The van der Waals surface area contributed by atoms with Gasteiger partial charge in [0, 0.05) is 0 Å². The Labute approximate surface area is 216 Å². The molecule has 2 unspecified atom stereocenters. The second-order valence-corrected chi connectivity index (χ2v) is 12.5. The summed E-state index contributed by atoms with van der Waals surface area (Å²) in [4.78, 5) is 12.9. The highest BCUT2D eigenvalue weighted by atomic mass is 16.6. The van der Waals surface area contributed by atoms with Crippen LogP contribution < -0.4 is 4.74 Å². The molecular weight excluding hydrogens is 456 g/mol. The molecule has 0 radical (unpaired) electrons. The smallest absolute Gasteiger partial charge is 0.338 e. The zero-order chi connectivity index (χ0) is 25.5. The van der Waals surface area contributed by atoms with Gasteiger partial charge in [0.2, 0.25) is 0 Å². The Morgan fingerprint density at radius 1 is 0.833 bits per heavy atom. The van der Waals surface area contributed by atoms with Crippen LogP contribution in [0, 0.1) is 18.8 Å². The molecule has 2 heterocycles. The predicted octanol–water partition coefficient (Wildman–Crippen LogP) is 6.02. The first-order valence-corrected chi connectivity index (χ1v) is 14.0. The van der Waals surface area contributed by atoms with Crippen molar-refractivity contribution in [1.29, 1.82) is 0 Å². The highest BCUT2D eigenvalue weighted by molar-refractivity contribution is 5.91. The van der Waals surface area contributed by atoms with E-state index >= 15 is 0 Å². The van der Waals surface area contributed by atoms with Gasteiger partial charge in [-0.05, 0) is 122 Å². The highest BCUT2D eigenvalue weighted by Gasteiger charge is 2.49. The van der Waals surface area contributed by atoms with Crippen LogP contribution in [0.4, 0.5) is 0 Å². The van der Waals surface area contributed by atoms with Crippen molar-refractivity contribution in [2.24, 2.45) is 11.8 Å². The number of benzene rings is 1. The molecule has 1 aromatic rings. The summed E-state index contributed by atoms with van der Waals surface area (Å²) >= 11 is 0. The monoisotopic (exact) mass is 500 g/mol. The zero-order valence-electron chi connectivity index (χ0n) is 22.7. The SMILES string of the molecule is Cc1cc(OCC2OC2(C)C)ccc1C(=O)OC1CCC(C2CCC(OCC3OC3(C)C)CC2)CC1. The summed E-state index contributed by atoms with van der Waals surface area (Å²) in [6, 6.07) is 5.60. The van der Waals surface area contributed by atoms with E-state index in [2.05, 4.69) is 27.7 Å². The van der Waals surface area contributed by atoms with Crippen LogP contribution >= 0.6 is 0 Å². The van der Waals surface area contributed by atoms with Crippen molar-refractivity contribution in [3.05, 3.63) is 29.3 Å². The molecule has 200 valence electrons. The number of rotatable bonds is 9. The van der Waals surface area contributed by atoms with E-state index in [0.29, 0.717) is 18.3 Å². The Bertz CT molecular complexity index is 923. The Hall–Kier alpha value is -1.63. The Kier molecular flexibility index (Phi) is 7.41. The Balaban J connectivity index is 1.01. The maximum absolute atomic E-state index is 12.9. The van der Waals surface area contributed by atoms with Gasteiger partial charge in [-0.15, -0.1) is 0 Å². The van der Waals surface area contributed by atoms with Crippen LogP contribution in [-0.4, -0.2) is 54.8 Å². The molecule has 6 heteroatoms. The van der Waals surface area contributed by atoms with E-state index in [1.54, 1.807) is 0 Å². The van der Waals surface area contributed by atoms with Crippen LogP contribution in [-0.2, 0) is 18.9 Å². The number of epoxide rings is 2. The summed E-state index contributed by atoms with van der Waals surface area (Å²) in [6.07, 6.45) is 9.93. The van der Waals surface area contributed by atoms with Gasteiger partial charge in [-0.1, -0.05) is 0 Å². The third kappa shape index (κ3) is 6.25. The van der Waals surface area contributed by atoms with Gasteiger partial charge >= 0.3 is 5.97 Å². The average Bonchev–Trinajstić information content (AvgIpc) is 3.68. The second kappa shape index (κ2) is 10.3. The van der Waals surface area contributed by atoms with Gasteiger partial charge in [-0.25, -0.2) is 4.79 Å². The molecule has 2 atom stereocenters. The van der Waals surface area contributed by atoms with Gasteiger partial charge in [0.05, 0.1) is 29.5 Å². The lowest BCUT2D eigenvalue weighted by Crippen LogP contribution is -2.31. The molecule has 36 heavy (non-hydrogen) atoms. The third-order valence-corrected chi connectivity index (χ3v) is 9.01. The van der Waals surface area contributed by atoms with Crippen LogP contribution in [0.15, 0.2) is 18.2 Å². The first-order valence-electron chi connectivity index (χ1n) is 14.0. The molecule has 0 spiro atoms. The average molecular weight is 501 g/mol. The summed E-state index contributed by atoms with van der Waals surface area (Å²) in [7, 11) is 0. The molecule has 6 nitrogen and oxygen atoms in total. The summed E-state index contributed by atoms with van der Waals surface area (Å²) < 4.78 is 29.1. The fourth-order valence-electron chi connectivity index (χ4n) is 6.10. The first-order chi connectivity index (χ1) is 17.1. The van der Waals surface area contributed by atoms with Crippen molar-refractivity contribution in [2.75, 3.05) is 13.2 Å². The topological polar surface area (TPSA) is 69.8 Å². The molecular formula is C30H44O6. The molecule has 5 rings (SSSR count). The minimum atomic E-state index is -0.213. The van der Waals surface area contributed by atoms with Crippen molar-refractivity contribution in [3.63, 3.8) is 0 Å². The quantitative estimate of drug-likeness (QED) is 0.305. The fourth-order valence-corrected chi connectivity index (χ4v) is 6.10. The van der Waals surface area contributed by atoms with Crippen LogP contribution in [0.2, 0.25) is 0 Å². The largest absolute Gasteiger partial charge is 0.491 e. The normalized spacial score (nSPS) is 34.6. The minimum Gasteiger partial charge on any atom is -0.491 e. The number of carbonyl (C=O) groups is 1. The lowest BCUT2D eigenvalue weighted by Gasteiger charge is -2.37. The number of carbonyl (C=O) groups excluding carboxylic acids is 1. The van der Waals surface area contributed by atoms with E-state index in [1.807, 2.05) is 25.1 Å². The van der Waals surface area contributed by atoms with Crippen LogP contribution in [0.25, 0.3) is 0 Å². The van der Waals surface area contributed by atoms with Gasteiger partial charge < -0.3 is 23.7 Å². The van der Waals surface area contributed by atoms with Gasteiger partial charge in [0.15, 0.2) is 0 Å². The van der Waals surface area contributed by atoms with Crippen LogP contribution in [0.3, 0.4) is 0 Å². The van der Waals surface area contributed by atoms with E-state index in [0.717, 1.165) is 68.3 Å². The molecule has 2 aliphatic carbocycles. The second-order valence-electron chi connectivity index (χ2n) is 12.5. The molecule has 4 fully saturated rings. The maximum Gasteiger partial charge on any atom is 0.338 e. The van der Waals surface area contributed by atoms with Gasteiger partial charge in [-0.2, -0.15) is 0 Å². The first kappa shape index (κ1) is 26.0. The summed E-state index contributed by atoms with van der Waals surface area (Å²) in [6.45, 7) is 11.6. The van der Waals surface area contributed by atoms with Gasteiger partial charge in [-0.3, -0.25) is 0 Å². The van der Waals surface area contributed by atoms with Crippen molar-refractivity contribution in [1.82, 2.24) is 0 Å². The van der Waals surface area contributed by atoms with E-state index in [4.69, 9.17) is 23.7 Å². The molecule has 2 saturated heterocycles. The van der Waals surface area contributed by atoms with Crippen LogP contribution in [0.1, 0.15) is 95.0 Å². The van der Waals surface area contributed by atoms with E-state index in [9.17, 15) is 4.79 Å². The minimum absolute atomic E-state index is 0.0128. The van der Waals surface area contributed by atoms with E-state index in [-0.39, 0.29) is 35.5 Å². The number of hydrogen-bond acceptors (Lipinski definition) is 6. The molecule has 0 aromatic heterocycles. The van der Waals surface area contributed by atoms with Crippen molar-refractivity contribution >= 4 is 5.97 Å². The Morgan fingerprint density at radius 3 is 1.89 bits per heavy atom. The predicted molar refractivity (Wildman–Crippen MR) is 137 cm³/mol. The standard InChI is InChI=1S/C30H44O6/c1-19-16-24(33-18-27-30(4,5)36-27)14-15-25(19)28(31)34-23-12-8-21(9-13-23)20-6-10-22(11-7-20)32-17-26-29(2,3)35-26/h14-16,20-23,26-27H,6-13,17-18H2,1-5H3. The lowest BCUT2D eigenvalue weighted by atomic mass is 9.72. The van der Waals surface area contributed by atoms with E-state index < -0.39 is 0 Å². The number of esters is 1. The van der Waals surface area contributed by atoms with Crippen LogP contribution in [0.5, 0.6) is 5.75 Å². The molecule has 4 aliphatic rings. The molecule has 0 amide bonds. The van der Waals surface area contributed by atoms with Crippen molar-refractivity contribution in [3.8, 4) is 5.75 Å². The van der Waals surface area contributed by atoms with Gasteiger partial charge in [0.25, 0.3) is 0 Å². The molecule has 1 aromatic carbocycles. The fraction of sp³-hybridized carbons (Fsp3) is 0.767. The van der Waals surface area contributed by atoms with Crippen molar-refractivity contribution in [2.45, 2.75) is 122 Å². The number of hydrogen-bond donors (Lipinski definition) is 0. The van der Waals surface area contributed by atoms with Crippen molar-refractivity contribution < 1.29 is 28.5 Å². The highest BCUT2D eigenvalue weighted by Crippen LogP contribution is 2.41.